The molecule has 0 aliphatic carbocycles. The summed E-state index contributed by atoms with van der Waals surface area (Å²) < 4.78 is 5.31. The Morgan fingerprint density at radius 3 is 2.40 bits per heavy atom. The van der Waals surface area contributed by atoms with Crippen molar-refractivity contribution in [2.75, 3.05) is 0 Å². The molecule has 0 N–H and O–H groups in total. The number of nitrogens with zero attached hydrogens (tertiary/aromatic N) is 1. The van der Waals surface area contributed by atoms with Gasteiger partial charge >= 0.3 is 11.7 Å². The molecule has 0 aromatic heterocycles. The molecule has 0 atom stereocenters. The van der Waals surface area contributed by atoms with Gasteiger partial charge in [-0.1, -0.05) is 54.6 Å². The molecule has 0 bridgehead atoms. The molecule has 3 aromatic carbocycles. The fourth-order valence-corrected chi connectivity index (χ4v) is 3.22. The van der Waals surface area contributed by atoms with Crippen molar-refractivity contribution in [2.24, 2.45) is 0 Å². The lowest BCUT2D eigenvalue weighted by Gasteiger charge is -2.10. The predicted octanol–water partition coefficient (Wildman–Crippen LogP) is 4.42. The van der Waals surface area contributed by atoms with Crippen LogP contribution in [0.1, 0.15) is 27.0 Å². The lowest BCUT2D eigenvalue weighted by atomic mass is 9.95. The number of ether oxygens (including phenoxy) is 1. The van der Waals surface area contributed by atoms with E-state index in [1.807, 2.05) is 43.3 Å². The quantitative estimate of drug-likeness (QED) is 0.396. The normalized spacial score (nSPS) is 15.0. The van der Waals surface area contributed by atoms with Gasteiger partial charge in [0.15, 0.2) is 0 Å². The number of nitro groups is 1. The Hall–Kier alpha value is -3.47. The molecule has 0 saturated heterocycles. The molecule has 1 aliphatic heterocycles. The molecule has 25 heavy (non-hydrogen) atoms. The highest BCUT2D eigenvalue weighted by atomic mass is 16.6. The number of hydrogen-bond donors (Lipinski definition) is 0. The molecule has 0 spiro atoms. The Morgan fingerprint density at radius 1 is 0.960 bits per heavy atom. The van der Waals surface area contributed by atoms with Crippen LogP contribution >= 0.6 is 0 Å². The summed E-state index contributed by atoms with van der Waals surface area (Å²) in [5.74, 6) is -0.562. The van der Waals surface area contributed by atoms with E-state index in [1.54, 1.807) is 24.3 Å². The van der Waals surface area contributed by atoms with Crippen LogP contribution in [0.4, 0.5) is 0 Å². The third-order valence-corrected chi connectivity index (χ3v) is 4.36. The Labute approximate surface area is 143 Å². The SMILES string of the molecule is Cc1ccc2ccccc2c1/C(=C1/OC(=O)c2ccccc21)[N+](=O)[O-]. The number of carbonyl (C=O) groups excluding carboxylic acids is 1. The molecule has 0 amide bonds. The van der Waals surface area contributed by atoms with Gasteiger partial charge in [0.05, 0.1) is 16.1 Å². The van der Waals surface area contributed by atoms with Crippen LogP contribution in [-0.4, -0.2) is 10.9 Å². The lowest BCUT2D eigenvalue weighted by molar-refractivity contribution is -0.375. The molecular formula is C20H13NO4. The van der Waals surface area contributed by atoms with Crippen LogP contribution in [0.25, 0.3) is 22.2 Å². The maximum Gasteiger partial charge on any atom is 0.344 e. The minimum atomic E-state index is -0.567. The van der Waals surface area contributed by atoms with Crippen molar-refractivity contribution >= 4 is 28.2 Å². The first-order valence-corrected chi connectivity index (χ1v) is 7.77. The van der Waals surface area contributed by atoms with Crippen LogP contribution in [0.3, 0.4) is 0 Å². The predicted molar refractivity (Wildman–Crippen MR) is 94.4 cm³/mol. The van der Waals surface area contributed by atoms with Crippen LogP contribution in [0.15, 0.2) is 60.7 Å². The second-order valence-electron chi connectivity index (χ2n) is 5.85. The maximum atomic E-state index is 12.1. The zero-order valence-corrected chi connectivity index (χ0v) is 13.4. The molecule has 1 aliphatic rings. The lowest BCUT2D eigenvalue weighted by Crippen LogP contribution is -2.05. The van der Waals surface area contributed by atoms with Gasteiger partial charge in [-0.2, -0.15) is 0 Å². The largest absolute Gasteiger partial charge is 0.415 e. The summed E-state index contributed by atoms with van der Waals surface area (Å²) in [6.45, 7) is 1.81. The number of fused-ring (bicyclic) bond motifs is 2. The van der Waals surface area contributed by atoms with E-state index in [0.717, 1.165) is 16.3 Å². The third-order valence-electron chi connectivity index (χ3n) is 4.36. The van der Waals surface area contributed by atoms with Gasteiger partial charge in [-0.25, -0.2) is 4.79 Å². The molecule has 5 heteroatoms. The van der Waals surface area contributed by atoms with E-state index in [1.165, 1.54) is 0 Å². The summed E-state index contributed by atoms with van der Waals surface area (Å²) in [4.78, 5) is 23.6. The highest BCUT2D eigenvalue weighted by molar-refractivity contribution is 6.09. The van der Waals surface area contributed by atoms with E-state index in [0.29, 0.717) is 16.7 Å². The fraction of sp³-hybridized carbons (Fsp3) is 0.0500. The van der Waals surface area contributed by atoms with E-state index < -0.39 is 10.9 Å². The molecule has 5 nitrogen and oxygen atoms in total. The Balaban J connectivity index is 2.11. The molecule has 0 fully saturated rings. The Kier molecular flexibility index (Phi) is 3.35. The fourth-order valence-electron chi connectivity index (χ4n) is 3.22. The first-order chi connectivity index (χ1) is 12.1. The minimum Gasteiger partial charge on any atom is -0.415 e. The summed E-state index contributed by atoms with van der Waals surface area (Å²) in [5, 5.41) is 13.6. The van der Waals surface area contributed by atoms with E-state index in [-0.39, 0.29) is 11.5 Å². The molecule has 4 rings (SSSR count). The monoisotopic (exact) mass is 331 g/mol. The van der Waals surface area contributed by atoms with Crippen molar-refractivity contribution in [1.29, 1.82) is 0 Å². The number of hydrogen-bond acceptors (Lipinski definition) is 4. The smallest absolute Gasteiger partial charge is 0.344 e. The van der Waals surface area contributed by atoms with Crippen LogP contribution < -0.4 is 0 Å². The van der Waals surface area contributed by atoms with E-state index in [9.17, 15) is 14.9 Å². The van der Waals surface area contributed by atoms with Gasteiger partial charge in [-0.05, 0) is 29.3 Å². The van der Waals surface area contributed by atoms with Gasteiger partial charge in [-0.3, -0.25) is 10.1 Å². The summed E-state index contributed by atoms with van der Waals surface area (Å²) in [6, 6.07) is 17.9. The highest BCUT2D eigenvalue weighted by Crippen LogP contribution is 2.39. The maximum absolute atomic E-state index is 12.1. The topological polar surface area (TPSA) is 69.4 Å². The minimum absolute atomic E-state index is 0.00468. The third kappa shape index (κ3) is 2.29. The van der Waals surface area contributed by atoms with E-state index in [2.05, 4.69) is 0 Å². The van der Waals surface area contributed by atoms with Gasteiger partial charge in [0.1, 0.15) is 0 Å². The number of esters is 1. The molecule has 0 saturated carbocycles. The zero-order valence-electron chi connectivity index (χ0n) is 13.4. The molecule has 0 unspecified atom stereocenters. The number of aryl methyl sites for hydroxylation is 1. The van der Waals surface area contributed by atoms with Gasteiger partial charge < -0.3 is 4.74 Å². The van der Waals surface area contributed by atoms with Crippen molar-refractivity contribution in [2.45, 2.75) is 6.92 Å². The van der Waals surface area contributed by atoms with Gasteiger partial charge in [0, 0.05) is 5.56 Å². The standard InChI is InChI=1S/C20H13NO4/c1-12-10-11-13-6-2-3-7-14(13)17(12)18(21(23)24)19-15-8-4-5-9-16(15)20(22)25-19/h2-11H,1H3/b19-18-. The summed E-state index contributed by atoms with van der Waals surface area (Å²) >= 11 is 0. The van der Waals surface area contributed by atoms with Crippen molar-refractivity contribution in [3.8, 4) is 0 Å². The summed E-state index contributed by atoms with van der Waals surface area (Å²) in [7, 11) is 0. The molecule has 0 radical (unpaired) electrons. The van der Waals surface area contributed by atoms with Crippen molar-refractivity contribution in [3.05, 3.63) is 93.0 Å². The molecule has 122 valence electrons. The second kappa shape index (κ2) is 5.56. The van der Waals surface area contributed by atoms with E-state index >= 15 is 0 Å². The zero-order chi connectivity index (χ0) is 17.6. The molecule has 3 aromatic rings. The average molecular weight is 331 g/mol. The summed E-state index contributed by atoms with van der Waals surface area (Å²) in [5.41, 5.74) is 1.83. The Morgan fingerprint density at radius 2 is 1.64 bits per heavy atom. The number of carbonyl (C=O) groups is 1. The molecular weight excluding hydrogens is 318 g/mol. The van der Waals surface area contributed by atoms with E-state index in [4.69, 9.17) is 4.74 Å². The van der Waals surface area contributed by atoms with Gasteiger partial charge in [0.2, 0.25) is 5.76 Å². The number of benzene rings is 3. The second-order valence-corrected chi connectivity index (χ2v) is 5.85. The van der Waals surface area contributed by atoms with Gasteiger partial charge in [0.25, 0.3) is 0 Å². The number of rotatable bonds is 2. The average Bonchev–Trinajstić information content (AvgIpc) is 2.94. The molecule has 1 heterocycles. The van der Waals surface area contributed by atoms with Crippen LogP contribution in [-0.2, 0) is 4.74 Å². The van der Waals surface area contributed by atoms with Gasteiger partial charge in [-0.15, -0.1) is 0 Å². The number of cyclic esters (lactones) is 1. The first-order valence-electron chi connectivity index (χ1n) is 7.77. The van der Waals surface area contributed by atoms with Crippen molar-refractivity contribution in [3.63, 3.8) is 0 Å². The van der Waals surface area contributed by atoms with Crippen LogP contribution in [0.5, 0.6) is 0 Å². The van der Waals surface area contributed by atoms with Crippen LogP contribution in [0.2, 0.25) is 0 Å². The Bertz CT molecular complexity index is 1080. The first kappa shape index (κ1) is 15.1. The highest BCUT2D eigenvalue weighted by Gasteiger charge is 2.36. The summed E-state index contributed by atoms with van der Waals surface area (Å²) in [6.07, 6.45) is 0. The van der Waals surface area contributed by atoms with Crippen LogP contribution in [0, 0.1) is 17.0 Å². The van der Waals surface area contributed by atoms with Crippen molar-refractivity contribution in [1.82, 2.24) is 0 Å². The van der Waals surface area contributed by atoms with Crippen molar-refractivity contribution < 1.29 is 14.5 Å².